The Morgan fingerprint density at radius 2 is 1.29 bits per heavy atom. The van der Waals surface area contributed by atoms with E-state index >= 15 is 0 Å². The van der Waals surface area contributed by atoms with Gasteiger partial charge in [-0.3, -0.25) is 0 Å². The largest absolute Gasteiger partial charge is 0.247 e. The maximum Gasteiger partial charge on any atom is 0.0991 e. The Hall–Kier alpha value is -3.70. The monoisotopic (exact) mass is 456 g/mol. The van der Waals surface area contributed by atoms with E-state index in [2.05, 4.69) is 97.9 Å². The third-order valence-corrected chi connectivity index (χ3v) is 7.48. The molecule has 0 saturated heterocycles. The van der Waals surface area contributed by atoms with Gasteiger partial charge in [-0.05, 0) is 105 Å². The van der Waals surface area contributed by atoms with Crippen LogP contribution < -0.4 is 0 Å². The van der Waals surface area contributed by atoms with Crippen LogP contribution in [0.5, 0.6) is 0 Å². The van der Waals surface area contributed by atoms with Gasteiger partial charge in [0.25, 0.3) is 0 Å². The third kappa shape index (κ3) is 3.58. The molecule has 1 aromatic heterocycles. The first-order valence-electron chi connectivity index (χ1n) is 12.3. The normalized spacial score (nSPS) is 13.3. The van der Waals surface area contributed by atoms with Gasteiger partial charge in [-0.25, -0.2) is 4.98 Å². The summed E-state index contributed by atoms with van der Waals surface area (Å²) < 4.78 is 0. The van der Waals surface area contributed by atoms with E-state index in [1.165, 1.54) is 44.5 Å². The lowest BCUT2D eigenvalue weighted by Gasteiger charge is -2.24. The molecule has 2 heteroatoms. The van der Waals surface area contributed by atoms with Gasteiger partial charge < -0.3 is 0 Å². The lowest BCUT2D eigenvalue weighted by Crippen LogP contribution is -2.17. The molecule has 0 aliphatic heterocycles. The number of aromatic nitrogens is 1. The van der Waals surface area contributed by atoms with Crippen molar-refractivity contribution in [2.24, 2.45) is 0 Å². The van der Waals surface area contributed by atoms with Crippen molar-refractivity contribution in [1.82, 2.24) is 4.98 Å². The van der Waals surface area contributed by atoms with Gasteiger partial charge in [0.05, 0.1) is 23.0 Å². The van der Waals surface area contributed by atoms with Crippen molar-refractivity contribution in [3.05, 3.63) is 98.6 Å². The van der Waals surface area contributed by atoms with Crippen molar-refractivity contribution in [3.63, 3.8) is 0 Å². The molecule has 35 heavy (non-hydrogen) atoms. The second-order valence-electron chi connectivity index (χ2n) is 10.9. The van der Waals surface area contributed by atoms with E-state index in [-0.39, 0.29) is 5.41 Å². The highest BCUT2D eigenvalue weighted by atomic mass is 14.7. The molecule has 0 fully saturated rings. The van der Waals surface area contributed by atoms with E-state index in [4.69, 9.17) is 4.98 Å². The smallest absolute Gasteiger partial charge is 0.0991 e. The summed E-state index contributed by atoms with van der Waals surface area (Å²) in [6.45, 7) is 17.6. The fraction of sp³-hybridized carbons (Fsp3) is 0.273. The SMILES string of the molecule is Cc1cc(C)cc(-c2nc(-c3c(C)cc(C#N)cc3C)cc3c2-c2cc(C)cc(C)c2C3(C)C)c1. The van der Waals surface area contributed by atoms with Gasteiger partial charge in [0.1, 0.15) is 0 Å². The van der Waals surface area contributed by atoms with E-state index in [1.54, 1.807) is 0 Å². The van der Waals surface area contributed by atoms with E-state index in [0.717, 1.165) is 33.6 Å². The highest BCUT2D eigenvalue weighted by molar-refractivity contribution is 5.93. The Labute approximate surface area is 209 Å². The van der Waals surface area contributed by atoms with Crippen LogP contribution >= 0.6 is 0 Å². The summed E-state index contributed by atoms with van der Waals surface area (Å²) in [4.78, 5) is 5.39. The van der Waals surface area contributed by atoms with E-state index in [9.17, 15) is 5.26 Å². The minimum Gasteiger partial charge on any atom is -0.247 e. The van der Waals surface area contributed by atoms with Crippen LogP contribution in [0.25, 0.3) is 33.6 Å². The van der Waals surface area contributed by atoms with Gasteiger partial charge in [-0.15, -0.1) is 0 Å². The predicted octanol–water partition coefficient (Wildman–Crippen LogP) is 8.44. The summed E-state index contributed by atoms with van der Waals surface area (Å²) in [6, 6.07) is 19.9. The summed E-state index contributed by atoms with van der Waals surface area (Å²) in [5.41, 5.74) is 17.4. The molecule has 1 aliphatic carbocycles. The molecule has 0 radical (unpaired) electrons. The average molecular weight is 457 g/mol. The zero-order valence-electron chi connectivity index (χ0n) is 22.0. The highest BCUT2D eigenvalue weighted by Crippen LogP contribution is 2.54. The number of hydrogen-bond donors (Lipinski definition) is 0. The Bertz CT molecular complexity index is 1530. The Balaban J connectivity index is 1.92. The van der Waals surface area contributed by atoms with Crippen LogP contribution in [0.3, 0.4) is 0 Å². The second-order valence-corrected chi connectivity index (χ2v) is 10.9. The van der Waals surface area contributed by atoms with Crippen LogP contribution in [0.2, 0.25) is 0 Å². The van der Waals surface area contributed by atoms with Gasteiger partial charge >= 0.3 is 0 Å². The van der Waals surface area contributed by atoms with E-state index in [1.807, 2.05) is 12.1 Å². The number of hydrogen-bond acceptors (Lipinski definition) is 2. The quantitative estimate of drug-likeness (QED) is 0.303. The topological polar surface area (TPSA) is 36.7 Å². The molecule has 0 saturated carbocycles. The van der Waals surface area contributed by atoms with Gasteiger partial charge in [0.15, 0.2) is 0 Å². The van der Waals surface area contributed by atoms with Gasteiger partial charge in [0, 0.05) is 22.1 Å². The lowest BCUT2D eigenvalue weighted by molar-refractivity contribution is 0.655. The number of nitriles is 1. The summed E-state index contributed by atoms with van der Waals surface area (Å²) in [5.74, 6) is 0. The van der Waals surface area contributed by atoms with Crippen LogP contribution in [0.4, 0.5) is 0 Å². The molecule has 1 aliphatic rings. The molecular weight excluding hydrogens is 424 g/mol. The first-order valence-corrected chi connectivity index (χ1v) is 12.3. The second kappa shape index (κ2) is 7.92. The minimum absolute atomic E-state index is 0.137. The molecule has 3 aromatic carbocycles. The van der Waals surface area contributed by atoms with Crippen molar-refractivity contribution in [3.8, 4) is 39.7 Å². The Morgan fingerprint density at radius 3 is 1.89 bits per heavy atom. The average Bonchev–Trinajstić information content (AvgIpc) is 2.98. The van der Waals surface area contributed by atoms with Crippen molar-refractivity contribution >= 4 is 0 Å². The van der Waals surface area contributed by atoms with Crippen LogP contribution in [-0.2, 0) is 5.41 Å². The molecule has 0 bridgehead atoms. The van der Waals surface area contributed by atoms with E-state index < -0.39 is 0 Å². The highest BCUT2D eigenvalue weighted by Gasteiger charge is 2.39. The van der Waals surface area contributed by atoms with Crippen molar-refractivity contribution in [1.29, 1.82) is 5.26 Å². The molecule has 2 nitrogen and oxygen atoms in total. The van der Waals surface area contributed by atoms with Crippen molar-refractivity contribution in [2.75, 3.05) is 0 Å². The van der Waals surface area contributed by atoms with Gasteiger partial charge in [0.2, 0.25) is 0 Å². The first kappa shape index (κ1) is 23.1. The number of pyridine rings is 1. The fourth-order valence-electron chi connectivity index (χ4n) is 6.32. The van der Waals surface area contributed by atoms with E-state index in [0.29, 0.717) is 5.56 Å². The van der Waals surface area contributed by atoms with Crippen molar-refractivity contribution < 1.29 is 0 Å². The number of aryl methyl sites for hydroxylation is 6. The van der Waals surface area contributed by atoms with Crippen molar-refractivity contribution in [2.45, 2.75) is 60.8 Å². The number of rotatable bonds is 2. The lowest BCUT2D eigenvalue weighted by atomic mass is 9.79. The zero-order chi connectivity index (χ0) is 25.2. The number of nitrogens with zero attached hydrogens (tertiary/aromatic N) is 2. The molecule has 0 spiro atoms. The molecular formula is C33H32N2. The Morgan fingerprint density at radius 1 is 0.686 bits per heavy atom. The maximum atomic E-state index is 9.47. The standard InChI is InChI=1S/C33H32N2/c1-18-9-19(2)12-25(11-18)32-30-26-13-20(3)10-23(6)31(26)33(7,8)27(30)16-28(35-32)29-21(4)14-24(17-34)15-22(29)5/h9-16H,1-8H3. The molecule has 4 aromatic rings. The Kier molecular flexibility index (Phi) is 5.22. The van der Waals surface area contributed by atoms with Crippen LogP contribution in [0.15, 0.2) is 48.5 Å². The summed E-state index contributed by atoms with van der Waals surface area (Å²) in [6.07, 6.45) is 0. The van der Waals surface area contributed by atoms with Gasteiger partial charge in [-0.2, -0.15) is 5.26 Å². The number of fused-ring (bicyclic) bond motifs is 3. The molecule has 0 unspecified atom stereocenters. The van der Waals surface area contributed by atoms with Crippen LogP contribution in [0.1, 0.15) is 63.9 Å². The zero-order valence-corrected chi connectivity index (χ0v) is 22.0. The summed E-state index contributed by atoms with van der Waals surface area (Å²) in [5, 5.41) is 9.47. The molecule has 5 rings (SSSR count). The third-order valence-electron chi connectivity index (χ3n) is 7.48. The molecule has 0 amide bonds. The van der Waals surface area contributed by atoms with Crippen LogP contribution in [0, 0.1) is 52.9 Å². The number of benzene rings is 3. The van der Waals surface area contributed by atoms with Crippen LogP contribution in [-0.4, -0.2) is 4.98 Å². The molecule has 0 N–H and O–H groups in total. The predicted molar refractivity (Wildman–Crippen MR) is 146 cm³/mol. The summed E-state index contributed by atoms with van der Waals surface area (Å²) in [7, 11) is 0. The molecule has 0 atom stereocenters. The molecule has 174 valence electrons. The minimum atomic E-state index is -0.137. The van der Waals surface area contributed by atoms with Gasteiger partial charge in [-0.1, -0.05) is 48.7 Å². The molecule has 1 heterocycles. The summed E-state index contributed by atoms with van der Waals surface area (Å²) >= 11 is 0. The fourth-order valence-corrected chi connectivity index (χ4v) is 6.32. The maximum absolute atomic E-state index is 9.47. The first-order chi connectivity index (χ1) is 16.5.